The molecule has 0 aliphatic rings. The maximum atomic E-state index is 11.2. The highest BCUT2D eigenvalue weighted by molar-refractivity contribution is 7.89. The van der Waals surface area contributed by atoms with Crippen molar-refractivity contribution in [3.05, 3.63) is 29.8 Å². The van der Waals surface area contributed by atoms with Crippen LogP contribution in [0.2, 0.25) is 0 Å². The molecular formula is C12H16N4O2S. The monoisotopic (exact) mass is 280 g/mol. The highest BCUT2D eigenvalue weighted by atomic mass is 32.2. The molecule has 0 aliphatic heterocycles. The van der Waals surface area contributed by atoms with Crippen LogP contribution >= 0.6 is 0 Å². The molecule has 0 bridgehead atoms. The molecule has 6 nitrogen and oxygen atoms in total. The molecule has 0 saturated heterocycles. The van der Waals surface area contributed by atoms with E-state index in [1.54, 1.807) is 0 Å². The third-order valence-electron chi connectivity index (χ3n) is 2.71. The molecule has 3 N–H and O–H groups in total. The summed E-state index contributed by atoms with van der Waals surface area (Å²) < 4.78 is 22.4. The summed E-state index contributed by atoms with van der Waals surface area (Å²) in [5.74, 6) is 0.328. The maximum Gasteiger partial charge on any atom is 0.273 e. The molecule has 0 fully saturated rings. The summed E-state index contributed by atoms with van der Waals surface area (Å²) in [7, 11) is -3.87. The molecule has 2 rings (SSSR count). The zero-order valence-corrected chi connectivity index (χ0v) is 11.8. The minimum atomic E-state index is -3.87. The molecule has 0 spiro atoms. The molecule has 0 radical (unpaired) electrons. The minimum absolute atomic E-state index is 0.0982. The predicted molar refractivity (Wildman–Crippen MR) is 71.9 cm³/mol. The number of hydrogen-bond acceptors (Lipinski definition) is 4. The van der Waals surface area contributed by atoms with Gasteiger partial charge >= 0.3 is 0 Å². The van der Waals surface area contributed by atoms with Crippen LogP contribution in [0.5, 0.6) is 0 Å². The second-order valence-corrected chi connectivity index (χ2v) is 6.78. The van der Waals surface area contributed by atoms with E-state index in [0.717, 1.165) is 11.1 Å². The molecule has 1 aromatic carbocycles. The van der Waals surface area contributed by atoms with E-state index in [4.69, 9.17) is 5.14 Å². The fourth-order valence-corrected chi connectivity index (χ4v) is 2.21. The van der Waals surface area contributed by atoms with Crippen molar-refractivity contribution in [3.8, 4) is 11.4 Å². The first-order valence-electron chi connectivity index (χ1n) is 5.74. The average molecular weight is 280 g/mol. The number of primary sulfonamides is 1. The van der Waals surface area contributed by atoms with Crippen molar-refractivity contribution in [1.29, 1.82) is 0 Å². The van der Waals surface area contributed by atoms with Crippen molar-refractivity contribution < 1.29 is 8.42 Å². The Morgan fingerprint density at radius 1 is 1.21 bits per heavy atom. The summed E-state index contributed by atoms with van der Waals surface area (Å²) in [6.45, 7) is 6.21. The molecule has 0 aliphatic carbocycles. The number of rotatable bonds is 2. The Bertz CT molecular complexity index is 699. The van der Waals surface area contributed by atoms with E-state index in [-0.39, 0.29) is 10.6 Å². The summed E-state index contributed by atoms with van der Waals surface area (Å²) in [5.41, 5.74) is 1.73. The Labute approximate surface area is 112 Å². The van der Waals surface area contributed by atoms with E-state index in [9.17, 15) is 8.42 Å². The number of aromatic amines is 1. The molecule has 0 unspecified atom stereocenters. The molecular weight excluding hydrogens is 264 g/mol. The van der Waals surface area contributed by atoms with Gasteiger partial charge in [-0.25, -0.2) is 18.7 Å². The number of H-pyrrole nitrogens is 1. The van der Waals surface area contributed by atoms with Gasteiger partial charge in [0.1, 0.15) is 0 Å². The van der Waals surface area contributed by atoms with Crippen LogP contribution in [0.3, 0.4) is 0 Å². The van der Waals surface area contributed by atoms with Gasteiger partial charge in [-0.05, 0) is 11.0 Å². The number of nitrogens with one attached hydrogen (secondary N) is 1. The van der Waals surface area contributed by atoms with Crippen LogP contribution in [0.1, 0.15) is 26.3 Å². The molecule has 1 heterocycles. The number of nitrogens with two attached hydrogens (primary N) is 1. The molecule has 0 saturated carbocycles. The number of sulfonamides is 1. The number of benzene rings is 1. The average Bonchev–Trinajstić information content (AvgIpc) is 2.76. The smallest absolute Gasteiger partial charge is 0.248 e. The summed E-state index contributed by atoms with van der Waals surface area (Å²) >= 11 is 0. The van der Waals surface area contributed by atoms with E-state index in [0.29, 0.717) is 5.82 Å². The number of hydrogen-bond donors (Lipinski definition) is 2. The Balaban J connectivity index is 2.58. The van der Waals surface area contributed by atoms with E-state index >= 15 is 0 Å². The fraction of sp³-hybridized carbons (Fsp3) is 0.333. The topological polar surface area (TPSA) is 102 Å². The van der Waals surface area contributed by atoms with Gasteiger partial charge in [-0.2, -0.15) is 10.1 Å². The Hall–Kier alpha value is -1.73. The summed E-state index contributed by atoms with van der Waals surface area (Å²) in [6, 6.07) is 7.62. The first-order chi connectivity index (χ1) is 8.69. The first-order valence-corrected chi connectivity index (χ1v) is 7.29. The number of aromatic nitrogens is 3. The highest BCUT2D eigenvalue weighted by Gasteiger charge is 2.22. The van der Waals surface area contributed by atoms with Gasteiger partial charge in [0.05, 0.1) is 0 Å². The van der Waals surface area contributed by atoms with Crippen LogP contribution < -0.4 is 5.14 Å². The van der Waals surface area contributed by atoms with Crippen molar-refractivity contribution in [3.63, 3.8) is 0 Å². The van der Waals surface area contributed by atoms with Crippen LogP contribution in [-0.2, 0) is 15.4 Å². The van der Waals surface area contributed by atoms with Crippen molar-refractivity contribution in [1.82, 2.24) is 15.2 Å². The van der Waals surface area contributed by atoms with Gasteiger partial charge in [-0.1, -0.05) is 45.0 Å². The van der Waals surface area contributed by atoms with Gasteiger partial charge in [0.25, 0.3) is 15.2 Å². The summed E-state index contributed by atoms with van der Waals surface area (Å²) in [4.78, 5) is 3.95. The molecule has 7 heteroatoms. The van der Waals surface area contributed by atoms with E-state index in [1.807, 2.05) is 24.3 Å². The van der Waals surface area contributed by atoms with Gasteiger partial charge in [0.2, 0.25) is 0 Å². The molecule has 0 amide bonds. The molecule has 102 valence electrons. The van der Waals surface area contributed by atoms with Gasteiger partial charge in [0.15, 0.2) is 5.82 Å². The largest absolute Gasteiger partial charge is 0.273 e. The minimum Gasteiger partial charge on any atom is -0.248 e. The van der Waals surface area contributed by atoms with Crippen molar-refractivity contribution in [2.24, 2.45) is 5.14 Å². The normalized spacial score (nSPS) is 12.6. The van der Waals surface area contributed by atoms with Gasteiger partial charge < -0.3 is 0 Å². The second kappa shape index (κ2) is 4.43. The van der Waals surface area contributed by atoms with Crippen molar-refractivity contribution >= 4 is 10.0 Å². The van der Waals surface area contributed by atoms with Crippen molar-refractivity contribution in [2.75, 3.05) is 0 Å². The second-order valence-electron chi connectivity index (χ2n) is 5.30. The van der Waals surface area contributed by atoms with Crippen LogP contribution in [0.25, 0.3) is 11.4 Å². The van der Waals surface area contributed by atoms with E-state index in [2.05, 4.69) is 36.0 Å². The van der Waals surface area contributed by atoms with Crippen LogP contribution in [0.15, 0.2) is 29.4 Å². The third-order valence-corrected chi connectivity index (χ3v) is 3.43. The predicted octanol–water partition coefficient (Wildman–Crippen LogP) is 1.42. The standard InChI is InChI=1S/C12H16N4O2S/c1-12(2,3)9-7-5-4-6-8(9)10-14-11(16-15-10)19(13,17)18/h4-7H,1-3H3,(H2,13,17,18)(H,14,15,16). The van der Waals surface area contributed by atoms with Gasteiger partial charge in [-0.15, -0.1) is 0 Å². The zero-order valence-electron chi connectivity index (χ0n) is 11.0. The fourth-order valence-electron chi connectivity index (χ4n) is 1.83. The number of nitrogens with zero attached hydrogens (tertiary/aromatic N) is 2. The van der Waals surface area contributed by atoms with Crippen LogP contribution in [0.4, 0.5) is 0 Å². The third kappa shape index (κ3) is 2.82. The summed E-state index contributed by atoms with van der Waals surface area (Å²) in [6.07, 6.45) is 0. The lowest BCUT2D eigenvalue weighted by atomic mass is 9.83. The van der Waals surface area contributed by atoms with E-state index < -0.39 is 10.0 Å². The molecule has 0 atom stereocenters. The van der Waals surface area contributed by atoms with Crippen LogP contribution in [-0.4, -0.2) is 23.6 Å². The van der Waals surface area contributed by atoms with Gasteiger partial charge in [0, 0.05) is 5.56 Å². The highest BCUT2D eigenvalue weighted by Crippen LogP contribution is 2.31. The lowest BCUT2D eigenvalue weighted by molar-refractivity contribution is 0.589. The van der Waals surface area contributed by atoms with Crippen molar-refractivity contribution in [2.45, 2.75) is 31.3 Å². The maximum absolute atomic E-state index is 11.2. The quantitative estimate of drug-likeness (QED) is 0.868. The molecule has 2 aromatic rings. The Kier molecular flexibility index (Phi) is 3.19. The Morgan fingerprint density at radius 2 is 1.84 bits per heavy atom. The van der Waals surface area contributed by atoms with Crippen LogP contribution in [0, 0.1) is 0 Å². The Morgan fingerprint density at radius 3 is 2.37 bits per heavy atom. The zero-order chi connectivity index (χ0) is 14.3. The lowest BCUT2D eigenvalue weighted by Gasteiger charge is -2.21. The first kappa shape index (κ1) is 13.7. The summed E-state index contributed by atoms with van der Waals surface area (Å²) in [5, 5.41) is 11.0. The molecule has 1 aromatic heterocycles. The van der Waals surface area contributed by atoms with E-state index in [1.165, 1.54) is 0 Å². The SMILES string of the molecule is CC(C)(C)c1ccccc1-c1n[nH]c(S(N)(=O)=O)n1. The molecule has 19 heavy (non-hydrogen) atoms. The lowest BCUT2D eigenvalue weighted by Crippen LogP contribution is -2.14. The van der Waals surface area contributed by atoms with Gasteiger partial charge in [-0.3, -0.25) is 0 Å².